The second-order valence-electron chi connectivity index (χ2n) is 2.29. The van der Waals surface area contributed by atoms with Crippen LogP contribution in [-0.4, -0.2) is 11.9 Å². The number of rotatable bonds is 2. The Morgan fingerprint density at radius 1 is 1.36 bits per heavy atom. The molecule has 0 spiro atoms. The molecule has 0 aromatic carbocycles. The van der Waals surface area contributed by atoms with Gasteiger partial charge in [0.1, 0.15) is 0 Å². The highest BCUT2D eigenvalue weighted by molar-refractivity contribution is 5.73. The summed E-state index contributed by atoms with van der Waals surface area (Å²) in [5.41, 5.74) is 0. The van der Waals surface area contributed by atoms with E-state index in [1.807, 2.05) is 6.92 Å². The van der Waals surface area contributed by atoms with E-state index in [2.05, 4.69) is 9.78 Å². The Morgan fingerprint density at radius 3 is 2.27 bits per heavy atom. The molecule has 0 aromatic heterocycles. The third kappa shape index (κ3) is 4.36. The molecule has 0 aliphatic carbocycles. The standard InChI is InChI=1S/C7H12O4/c1-4-5(2)7(9)11-10-6(3)8/h5H,4H2,1-3H3. The molecule has 0 rings (SSSR count). The molecule has 0 aliphatic heterocycles. The van der Waals surface area contributed by atoms with Gasteiger partial charge < -0.3 is 0 Å². The van der Waals surface area contributed by atoms with E-state index < -0.39 is 11.9 Å². The fourth-order valence-corrected chi connectivity index (χ4v) is 0.349. The minimum Gasteiger partial charge on any atom is -0.248 e. The molecule has 0 fully saturated rings. The van der Waals surface area contributed by atoms with Gasteiger partial charge in [0.05, 0.1) is 5.92 Å². The summed E-state index contributed by atoms with van der Waals surface area (Å²) < 4.78 is 0. The maximum Gasteiger partial charge on any atom is 0.358 e. The molecule has 0 radical (unpaired) electrons. The first-order chi connectivity index (χ1) is 5.07. The van der Waals surface area contributed by atoms with Crippen molar-refractivity contribution in [3.63, 3.8) is 0 Å². The van der Waals surface area contributed by atoms with Gasteiger partial charge in [0.2, 0.25) is 0 Å². The Hall–Kier alpha value is -1.06. The minimum absolute atomic E-state index is 0.227. The lowest BCUT2D eigenvalue weighted by Crippen LogP contribution is -2.15. The maximum absolute atomic E-state index is 10.8. The topological polar surface area (TPSA) is 52.6 Å². The third-order valence-electron chi connectivity index (χ3n) is 1.26. The maximum atomic E-state index is 10.8. The number of hydrogen-bond donors (Lipinski definition) is 0. The minimum atomic E-state index is -0.623. The second kappa shape index (κ2) is 4.71. The zero-order valence-corrected chi connectivity index (χ0v) is 6.92. The van der Waals surface area contributed by atoms with E-state index in [9.17, 15) is 9.59 Å². The lowest BCUT2D eigenvalue weighted by atomic mass is 10.1. The van der Waals surface area contributed by atoms with E-state index >= 15 is 0 Å². The lowest BCUT2D eigenvalue weighted by molar-refractivity contribution is -0.260. The fraction of sp³-hybridized carbons (Fsp3) is 0.714. The van der Waals surface area contributed by atoms with E-state index in [0.29, 0.717) is 6.42 Å². The molecule has 0 saturated carbocycles. The van der Waals surface area contributed by atoms with E-state index in [1.165, 1.54) is 6.92 Å². The summed E-state index contributed by atoms with van der Waals surface area (Å²) in [5.74, 6) is -1.36. The van der Waals surface area contributed by atoms with Crippen LogP contribution in [0.3, 0.4) is 0 Å². The van der Waals surface area contributed by atoms with E-state index in [1.54, 1.807) is 6.92 Å². The lowest BCUT2D eigenvalue weighted by Gasteiger charge is -2.04. The van der Waals surface area contributed by atoms with Crippen LogP contribution in [0.15, 0.2) is 0 Å². The van der Waals surface area contributed by atoms with Crippen molar-refractivity contribution in [3.05, 3.63) is 0 Å². The fourth-order valence-electron chi connectivity index (χ4n) is 0.349. The van der Waals surface area contributed by atoms with Crippen LogP contribution in [0.2, 0.25) is 0 Å². The molecule has 0 heterocycles. The van der Waals surface area contributed by atoms with Crippen LogP contribution >= 0.6 is 0 Å². The summed E-state index contributed by atoms with van der Waals surface area (Å²) in [5, 5.41) is 0. The van der Waals surface area contributed by atoms with Crippen LogP contribution in [0, 0.1) is 5.92 Å². The molecule has 0 bridgehead atoms. The largest absolute Gasteiger partial charge is 0.358 e. The van der Waals surface area contributed by atoms with Crippen LogP contribution in [0.5, 0.6) is 0 Å². The van der Waals surface area contributed by atoms with Crippen LogP contribution in [0.25, 0.3) is 0 Å². The first kappa shape index (κ1) is 9.94. The highest BCUT2D eigenvalue weighted by Gasteiger charge is 2.13. The van der Waals surface area contributed by atoms with Gasteiger partial charge in [-0.2, -0.15) is 0 Å². The molecule has 0 N–H and O–H groups in total. The number of carbonyl (C=O) groups is 2. The average molecular weight is 160 g/mol. The van der Waals surface area contributed by atoms with Gasteiger partial charge in [-0.1, -0.05) is 13.8 Å². The Morgan fingerprint density at radius 2 is 1.91 bits per heavy atom. The Kier molecular flexibility index (Phi) is 4.26. The molecule has 4 heteroatoms. The Bertz CT molecular complexity index is 153. The zero-order chi connectivity index (χ0) is 8.85. The summed E-state index contributed by atoms with van der Waals surface area (Å²) >= 11 is 0. The molecule has 11 heavy (non-hydrogen) atoms. The van der Waals surface area contributed by atoms with Gasteiger partial charge >= 0.3 is 11.9 Å². The monoisotopic (exact) mass is 160 g/mol. The molecular formula is C7H12O4. The van der Waals surface area contributed by atoms with Gasteiger partial charge in [0.15, 0.2) is 0 Å². The smallest absolute Gasteiger partial charge is 0.248 e. The highest BCUT2D eigenvalue weighted by atomic mass is 17.2. The molecule has 0 aromatic rings. The molecule has 0 amide bonds. The van der Waals surface area contributed by atoms with Crippen molar-refractivity contribution in [1.29, 1.82) is 0 Å². The normalized spacial score (nSPS) is 11.9. The van der Waals surface area contributed by atoms with Crippen LogP contribution in [0.4, 0.5) is 0 Å². The summed E-state index contributed by atoms with van der Waals surface area (Å²) in [6.07, 6.45) is 0.667. The van der Waals surface area contributed by atoms with Gasteiger partial charge in [-0.25, -0.2) is 19.4 Å². The van der Waals surface area contributed by atoms with E-state index in [0.717, 1.165) is 0 Å². The number of carbonyl (C=O) groups excluding carboxylic acids is 2. The first-order valence-corrected chi connectivity index (χ1v) is 3.46. The molecular weight excluding hydrogens is 148 g/mol. The SMILES string of the molecule is CCC(C)C(=O)OOC(C)=O. The summed E-state index contributed by atoms with van der Waals surface area (Å²) in [6.45, 7) is 4.72. The van der Waals surface area contributed by atoms with Crippen molar-refractivity contribution in [2.24, 2.45) is 5.92 Å². The Balaban J connectivity index is 3.60. The van der Waals surface area contributed by atoms with Crippen LogP contribution in [0.1, 0.15) is 27.2 Å². The predicted octanol–water partition coefficient (Wildman–Crippen LogP) is 1.05. The molecule has 1 atom stereocenters. The zero-order valence-electron chi connectivity index (χ0n) is 6.92. The van der Waals surface area contributed by atoms with Gasteiger partial charge in [0, 0.05) is 6.92 Å². The summed E-state index contributed by atoms with van der Waals surface area (Å²) in [6, 6.07) is 0. The van der Waals surface area contributed by atoms with Crippen LogP contribution in [-0.2, 0) is 19.4 Å². The molecule has 1 unspecified atom stereocenters. The highest BCUT2D eigenvalue weighted by Crippen LogP contribution is 2.02. The van der Waals surface area contributed by atoms with Crippen LogP contribution < -0.4 is 0 Å². The van der Waals surface area contributed by atoms with E-state index in [4.69, 9.17) is 0 Å². The molecule has 0 saturated heterocycles. The summed E-state index contributed by atoms with van der Waals surface area (Å²) in [4.78, 5) is 29.1. The predicted molar refractivity (Wildman–Crippen MR) is 37.3 cm³/mol. The van der Waals surface area contributed by atoms with Crippen molar-refractivity contribution in [2.45, 2.75) is 27.2 Å². The third-order valence-corrected chi connectivity index (χ3v) is 1.26. The molecule has 64 valence electrons. The quantitative estimate of drug-likeness (QED) is 0.447. The second-order valence-corrected chi connectivity index (χ2v) is 2.29. The number of hydrogen-bond acceptors (Lipinski definition) is 4. The van der Waals surface area contributed by atoms with Crippen molar-refractivity contribution >= 4 is 11.9 Å². The first-order valence-electron chi connectivity index (χ1n) is 3.46. The van der Waals surface area contributed by atoms with E-state index in [-0.39, 0.29) is 5.92 Å². The average Bonchev–Trinajstić information content (AvgIpc) is 1.98. The van der Waals surface area contributed by atoms with Crippen molar-refractivity contribution in [1.82, 2.24) is 0 Å². The molecule has 0 aliphatic rings. The summed E-state index contributed by atoms with van der Waals surface area (Å²) in [7, 11) is 0. The van der Waals surface area contributed by atoms with Crippen molar-refractivity contribution < 1.29 is 19.4 Å². The van der Waals surface area contributed by atoms with Gasteiger partial charge in [-0.3, -0.25) is 0 Å². The molecule has 4 nitrogen and oxygen atoms in total. The van der Waals surface area contributed by atoms with Crippen molar-refractivity contribution in [2.75, 3.05) is 0 Å². The van der Waals surface area contributed by atoms with Gasteiger partial charge in [0.25, 0.3) is 0 Å². The van der Waals surface area contributed by atoms with Gasteiger partial charge in [-0.15, -0.1) is 0 Å². The Labute approximate surface area is 65.4 Å². The van der Waals surface area contributed by atoms with Crippen molar-refractivity contribution in [3.8, 4) is 0 Å². The van der Waals surface area contributed by atoms with Gasteiger partial charge in [-0.05, 0) is 6.42 Å².